The quantitative estimate of drug-likeness (QED) is 0.825. The summed E-state index contributed by atoms with van der Waals surface area (Å²) >= 11 is 0. The van der Waals surface area contributed by atoms with E-state index in [4.69, 9.17) is 9.47 Å². The Bertz CT molecular complexity index is 599. The van der Waals surface area contributed by atoms with Crippen LogP contribution in [0, 0.1) is 5.41 Å². The zero-order chi connectivity index (χ0) is 16.8. The molecule has 1 amide bonds. The van der Waals surface area contributed by atoms with Gasteiger partial charge in [-0.1, -0.05) is 0 Å². The van der Waals surface area contributed by atoms with Gasteiger partial charge in [0.05, 0.1) is 29.5 Å². The summed E-state index contributed by atoms with van der Waals surface area (Å²) in [6, 6.07) is 0.147. The first-order valence-corrected chi connectivity index (χ1v) is 8.97. The number of rotatable bonds is 5. The molecule has 0 unspecified atom stereocenters. The van der Waals surface area contributed by atoms with Crippen LogP contribution >= 0.6 is 0 Å². The molecule has 4 rings (SSSR count). The number of carbonyl (C=O) groups is 1. The molecule has 24 heavy (non-hydrogen) atoms. The number of imidazole rings is 1. The van der Waals surface area contributed by atoms with Crippen LogP contribution in [0.2, 0.25) is 0 Å². The lowest BCUT2D eigenvalue weighted by Crippen LogP contribution is -2.54. The highest BCUT2D eigenvalue weighted by Gasteiger charge is 2.58. The summed E-state index contributed by atoms with van der Waals surface area (Å²) in [6.07, 6.45) is 11.5. The molecule has 1 aliphatic heterocycles. The summed E-state index contributed by atoms with van der Waals surface area (Å²) in [5.41, 5.74) is -0.402. The molecule has 2 heterocycles. The van der Waals surface area contributed by atoms with Crippen molar-refractivity contribution >= 4 is 5.91 Å². The van der Waals surface area contributed by atoms with E-state index in [1.807, 2.05) is 10.8 Å². The largest absolute Gasteiger partial charge is 0.381 e. The molecule has 2 saturated carbocycles. The maximum absolute atomic E-state index is 13.4. The molecule has 0 N–H and O–H groups in total. The first-order chi connectivity index (χ1) is 11.6. The number of nitrogens with zero attached hydrogens (tertiary/aromatic N) is 3. The summed E-state index contributed by atoms with van der Waals surface area (Å²) in [6.45, 7) is 1.54. The highest BCUT2D eigenvalue weighted by molar-refractivity contribution is 5.86. The standard InChI is InChI=1S/C18H27N3O3/c1-23-14-3-4-18(24-2)7-9-21(15(18)11-14)16(22)17(5-6-17)12-20-10-8-19-13-20/h8,10,13-15H,3-7,9,11-12H2,1-2H3/t14-,15+,18-/m1/s1. The summed E-state index contributed by atoms with van der Waals surface area (Å²) < 4.78 is 13.6. The molecule has 3 aliphatic rings. The van der Waals surface area contributed by atoms with Gasteiger partial charge in [-0.2, -0.15) is 0 Å². The van der Waals surface area contributed by atoms with E-state index in [-0.39, 0.29) is 23.2 Å². The fourth-order valence-corrected chi connectivity index (χ4v) is 4.74. The van der Waals surface area contributed by atoms with E-state index in [1.165, 1.54) is 0 Å². The van der Waals surface area contributed by atoms with E-state index in [9.17, 15) is 4.79 Å². The van der Waals surface area contributed by atoms with E-state index in [0.717, 1.165) is 51.6 Å². The Morgan fingerprint density at radius 2 is 2.12 bits per heavy atom. The molecule has 1 aromatic rings. The van der Waals surface area contributed by atoms with Crippen LogP contribution in [0.25, 0.3) is 0 Å². The molecule has 0 bridgehead atoms. The van der Waals surface area contributed by atoms with Gasteiger partial charge in [-0.3, -0.25) is 4.79 Å². The second-order valence-electron chi connectivity index (χ2n) is 7.68. The molecule has 2 aliphatic carbocycles. The SMILES string of the molecule is CO[C@@H]1CC[C@@]2(OC)CCN(C(=O)C3(Cn4ccnc4)CC3)[C@H]2C1. The van der Waals surface area contributed by atoms with E-state index in [0.29, 0.717) is 5.91 Å². The Kier molecular flexibility index (Phi) is 3.92. The van der Waals surface area contributed by atoms with Gasteiger partial charge < -0.3 is 18.9 Å². The Balaban J connectivity index is 1.54. The lowest BCUT2D eigenvalue weighted by Gasteiger charge is -2.43. The van der Waals surface area contributed by atoms with Crippen molar-refractivity contribution in [2.75, 3.05) is 20.8 Å². The zero-order valence-electron chi connectivity index (χ0n) is 14.6. The average Bonchev–Trinajstić information content (AvgIpc) is 3.05. The molecule has 3 fully saturated rings. The Morgan fingerprint density at radius 3 is 2.75 bits per heavy atom. The first kappa shape index (κ1) is 16.1. The number of methoxy groups -OCH3 is 2. The number of carbonyl (C=O) groups excluding carboxylic acids is 1. The number of fused-ring (bicyclic) bond motifs is 1. The Labute approximate surface area is 143 Å². The highest BCUT2D eigenvalue weighted by Crippen LogP contribution is 2.52. The molecule has 6 nitrogen and oxygen atoms in total. The predicted molar refractivity (Wildman–Crippen MR) is 88.4 cm³/mol. The minimum Gasteiger partial charge on any atom is -0.381 e. The van der Waals surface area contributed by atoms with Gasteiger partial charge in [0.1, 0.15) is 0 Å². The second kappa shape index (κ2) is 5.85. The van der Waals surface area contributed by atoms with Crippen molar-refractivity contribution < 1.29 is 14.3 Å². The molecule has 1 aromatic heterocycles. The van der Waals surface area contributed by atoms with Crippen molar-refractivity contribution in [2.45, 2.75) is 62.8 Å². The maximum atomic E-state index is 13.4. The molecular formula is C18H27N3O3. The fourth-order valence-electron chi connectivity index (χ4n) is 4.74. The monoisotopic (exact) mass is 333 g/mol. The predicted octanol–water partition coefficient (Wildman–Crippen LogP) is 1.85. The lowest BCUT2D eigenvalue weighted by atomic mass is 9.79. The van der Waals surface area contributed by atoms with Crippen molar-refractivity contribution in [3.8, 4) is 0 Å². The number of ether oxygens (including phenoxy) is 2. The van der Waals surface area contributed by atoms with E-state index in [1.54, 1.807) is 26.7 Å². The number of hydrogen-bond donors (Lipinski definition) is 0. The van der Waals surface area contributed by atoms with Crippen molar-refractivity contribution in [1.82, 2.24) is 14.5 Å². The third kappa shape index (κ3) is 2.47. The molecule has 3 atom stereocenters. The Morgan fingerprint density at radius 1 is 1.29 bits per heavy atom. The van der Waals surface area contributed by atoms with Crippen LogP contribution in [-0.4, -0.2) is 58.9 Å². The van der Waals surface area contributed by atoms with E-state index >= 15 is 0 Å². The van der Waals surface area contributed by atoms with Gasteiger partial charge in [-0.25, -0.2) is 4.98 Å². The van der Waals surface area contributed by atoms with Crippen LogP contribution in [0.4, 0.5) is 0 Å². The maximum Gasteiger partial charge on any atom is 0.230 e. The summed E-state index contributed by atoms with van der Waals surface area (Å²) in [5.74, 6) is 0.303. The third-order valence-electron chi connectivity index (χ3n) is 6.49. The third-order valence-corrected chi connectivity index (χ3v) is 6.49. The van der Waals surface area contributed by atoms with Crippen LogP contribution < -0.4 is 0 Å². The molecule has 132 valence electrons. The normalized spacial score (nSPS) is 34.2. The van der Waals surface area contributed by atoms with Gasteiger partial charge in [-0.05, 0) is 38.5 Å². The van der Waals surface area contributed by atoms with Crippen LogP contribution in [-0.2, 0) is 20.8 Å². The van der Waals surface area contributed by atoms with Gasteiger partial charge in [-0.15, -0.1) is 0 Å². The van der Waals surface area contributed by atoms with Crippen molar-refractivity contribution in [3.05, 3.63) is 18.7 Å². The number of amides is 1. The van der Waals surface area contributed by atoms with Crippen LogP contribution in [0.1, 0.15) is 38.5 Å². The Hall–Kier alpha value is -1.40. The molecular weight excluding hydrogens is 306 g/mol. The summed E-state index contributed by atoms with van der Waals surface area (Å²) in [5, 5.41) is 0. The number of hydrogen-bond acceptors (Lipinski definition) is 4. The number of aromatic nitrogens is 2. The minimum absolute atomic E-state index is 0.147. The van der Waals surface area contributed by atoms with E-state index < -0.39 is 0 Å². The average molecular weight is 333 g/mol. The van der Waals surface area contributed by atoms with Crippen LogP contribution in [0.5, 0.6) is 0 Å². The smallest absolute Gasteiger partial charge is 0.230 e. The zero-order valence-corrected chi connectivity index (χ0v) is 14.6. The topological polar surface area (TPSA) is 56.6 Å². The molecule has 0 aromatic carbocycles. The second-order valence-corrected chi connectivity index (χ2v) is 7.68. The van der Waals surface area contributed by atoms with Gasteiger partial charge in [0, 0.05) is 39.7 Å². The molecule has 0 spiro atoms. The van der Waals surface area contributed by atoms with Crippen LogP contribution in [0.3, 0.4) is 0 Å². The fraction of sp³-hybridized carbons (Fsp3) is 0.778. The van der Waals surface area contributed by atoms with Gasteiger partial charge in [0.25, 0.3) is 0 Å². The number of likely N-dealkylation sites (tertiary alicyclic amines) is 1. The lowest BCUT2D eigenvalue weighted by molar-refractivity contribution is -0.146. The first-order valence-electron chi connectivity index (χ1n) is 8.97. The molecule has 1 saturated heterocycles. The van der Waals surface area contributed by atoms with Crippen LogP contribution in [0.15, 0.2) is 18.7 Å². The summed E-state index contributed by atoms with van der Waals surface area (Å²) in [4.78, 5) is 19.6. The highest BCUT2D eigenvalue weighted by atomic mass is 16.5. The van der Waals surface area contributed by atoms with Crippen molar-refractivity contribution in [1.29, 1.82) is 0 Å². The molecule has 0 radical (unpaired) electrons. The van der Waals surface area contributed by atoms with E-state index in [2.05, 4.69) is 9.88 Å². The molecule has 6 heteroatoms. The van der Waals surface area contributed by atoms with Gasteiger partial charge in [0.15, 0.2) is 0 Å². The summed E-state index contributed by atoms with van der Waals surface area (Å²) in [7, 11) is 3.57. The van der Waals surface area contributed by atoms with Crippen molar-refractivity contribution in [2.24, 2.45) is 5.41 Å². The van der Waals surface area contributed by atoms with Gasteiger partial charge >= 0.3 is 0 Å². The van der Waals surface area contributed by atoms with Crippen molar-refractivity contribution in [3.63, 3.8) is 0 Å². The minimum atomic E-state index is -0.232. The van der Waals surface area contributed by atoms with Gasteiger partial charge in [0.2, 0.25) is 5.91 Å².